The molecule has 1 saturated heterocycles. The molecule has 5 rings (SSSR count). The molecule has 9 nitrogen and oxygen atoms in total. The first kappa shape index (κ1) is 22.1. The van der Waals surface area contributed by atoms with Crippen LogP contribution in [0.2, 0.25) is 0 Å². The molecular weight excluding hydrogens is 452 g/mol. The molecule has 10 heteroatoms. The van der Waals surface area contributed by atoms with Gasteiger partial charge in [-0.05, 0) is 54.3 Å². The van der Waals surface area contributed by atoms with Gasteiger partial charge in [-0.25, -0.2) is 23.2 Å². The Labute approximate surface area is 201 Å². The number of hydrogen-bond donors (Lipinski definition) is 2. The maximum atomic E-state index is 12.8. The monoisotopic (exact) mass is 482 g/mol. The molecule has 34 heavy (non-hydrogen) atoms. The number of urea groups is 1. The number of amides is 2. The molecule has 1 aliphatic carbocycles. The number of carbonyl (C=O) groups is 1. The molecule has 2 aromatic carbocycles. The Hall–Kier alpha value is -3.66. The van der Waals surface area contributed by atoms with Gasteiger partial charge in [-0.15, -0.1) is 0 Å². The van der Waals surface area contributed by atoms with E-state index in [0.29, 0.717) is 26.2 Å². The van der Waals surface area contributed by atoms with Crippen LogP contribution >= 0.6 is 0 Å². The highest BCUT2D eigenvalue weighted by Gasteiger charge is 2.27. The third-order valence-corrected chi connectivity index (χ3v) is 7.65. The molecule has 0 unspecified atom stereocenters. The summed E-state index contributed by atoms with van der Waals surface area (Å²) >= 11 is 0. The normalized spacial score (nSPS) is 16.2. The molecule has 2 amide bonds. The van der Waals surface area contributed by atoms with Crippen LogP contribution in [0.25, 0.3) is 0 Å². The summed E-state index contributed by atoms with van der Waals surface area (Å²) in [4.78, 5) is 24.6. The molecule has 0 saturated carbocycles. The van der Waals surface area contributed by atoms with E-state index in [9.17, 15) is 13.2 Å². The van der Waals surface area contributed by atoms with Crippen LogP contribution < -0.4 is 14.9 Å². The molecule has 3 aromatic rings. The molecule has 1 aromatic heterocycles. The highest BCUT2D eigenvalue weighted by molar-refractivity contribution is 7.92. The minimum Gasteiger partial charge on any atom is -0.368 e. The van der Waals surface area contributed by atoms with Crippen LogP contribution in [-0.4, -0.2) is 61.5 Å². The van der Waals surface area contributed by atoms with Crippen molar-refractivity contribution in [2.24, 2.45) is 0 Å². The largest absolute Gasteiger partial charge is 0.368 e. The van der Waals surface area contributed by atoms with Gasteiger partial charge in [0.15, 0.2) is 0 Å². The molecule has 2 aliphatic rings. The third-order valence-electron chi connectivity index (χ3n) is 6.28. The SMILES string of the molecule is O=C(NC1Cc2ccccc2C1)N1CCN(c2ccc(S(=O)(=O)Nc3ccncn3)cc2)CC1.[HH].[HH]. The molecule has 1 aliphatic heterocycles. The number of anilines is 2. The fourth-order valence-corrected chi connectivity index (χ4v) is 5.49. The van der Waals surface area contributed by atoms with Crippen LogP contribution in [0.3, 0.4) is 0 Å². The van der Waals surface area contributed by atoms with Gasteiger partial charge in [0.1, 0.15) is 12.1 Å². The standard InChI is InChI=1S/C24H26N6O3S.2H2/c31-24(27-20-15-18-3-1-2-4-19(18)16-20)30-13-11-29(12-14-30)21-5-7-22(8-6-21)34(32,33)28-23-9-10-25-17-26-23;;/h1-10,17,20H,11-16H2,(H,27,31)(H,25,26,28);2*1H. The Kier molecular flexibility index (Phi) is 6.06. The summed E-state index contributed by atoms with van der Waals surface area (Å²) in [6, 6.07) is 16.7. The van der Waals surface area contributed by atoms with Crippen molar-refractivity contribution in [1.29, 1.82) is 0 Å². The minimum atomic E-state index is -3.73. The number of nitrogens with one attached hydrogen (secondary N) is 2. The van der Waals surface area contributed by atoms with Crippen LogP contribution in [0.1, 0.15) is 14.0 Å². The van der Waals surface area contributed by atoms with E-state index in [2.05, 4.69) is 37.0 Å². The van der Waals surface area contributed by atoms with Gasteiger partial charge in [-0.1, -0.05) is 24.3 Å². The number of piperazine rings is 1. The molecule has 1 fully saturated rings. The van der Waals surface area contributed by atoms with Gasteiger partial charge in [0, 0.05) is 47.0 Å². The van der Waals surface area contributed by atoms with Gasteiger partial charge in [-0.3, -0.25) is 4.72 Å². The molecule has 2 heterocycles. The van der Waals surface area contributed by atoms with E-state index < -0.39 is 10.0 Å². The number of fused-ring (bicyclic) bond motifs is 1. The number of carbonyl (C=O) groups excluding carboxylic acids is 1. The topological polar surface area (TPSA) is 108 Å². The zero-order chi connectivity index (χ0) is 23.5. The minimum absolute atomic E-state index is 0. The molecule has 0 bridgehead atoms. The third kappa shape index (κ3) is 4.81. The highest BCUT2D eigenvalue weighted by atomic mass is 32.2. The lowest BCUT2D eigenvalue weighted by atomic mass is 10.1. The maximum Gasteiger partial charge on any atom is 0.317 e. The van der Waals surface area contributed by atoms with Crippen LogP contribution in [0.15, 0.2) is 72.0 Å². The van der Waals surface area contributed by atoms with Crippen molar-refractivity contribution < 1.29 is 16.1 Å². The summed E-state index contributed by atoms with van der Waals surface area (Å²) in [5.74, 6) is 0.218. The molecule has 0 spiro atoms. The zero-order valence-electron chi connectivity index (χ0n) is 18.6. The summed E-state index contributed by atoms with van der Waals surface area (Å²) < 4.78 is 27.6. The first-order chi connectivity index (χ1) is 16.5. The van der Waals surface area contributed by atoms with E-state index in [1.165, 1.54) is 29.7 Å². The maximum absolute atomic E-state index is 12.8. The van der Waals surface area contributed by atoms with Gasteiger partial charge in [-0.2, -0.15) is 0 Å². The molecule has 0 atom stereocenters. The molecule has 0 radical (unpaired) electrons. The van der Waals surface area contributed by atoms with E-state index in [4.69, 9.17) is 0 Å². The lowest BCUT2D eigenvalue weighted by molar-refractivity contribution is 0.190. The average molecular weight is 483 g/mol. The molecule has 180 valence electrons. The van der Waals surface area contributed by atoms with Crippen molar-refractivity contribution >= 4 is 27.6 Å². The van der Waals surface area contributed by atoms with Crippen molar-refractivity contribution in [3.63, 3.8) is 0 Å². The number of hydrogen-bond acceptors (Lipinski definition) is 6. The smallest absolute Gasteiger partial charge is 0.317 e. The summed E-state index contributed by atoms with van der Waals surface area (Å²) in [5, 5.41) is 3.18. The number of benzene rings is 2. The predicted octanol–water partition coefficient (Wildman–Crippen LogP) is 2.77. The summed E-state index contributed by atoms with van der Waals surface area (Å²) in [6.07, 6.45) is 4.51. The first-order valence-electron chi connectivity index (χ1n) is 11.2. The Bertz CT molecular complexity index is 1250. The van der Waals surface area contributed by atoms with E-state index in [0.717, 1.165) is 18.5 Å². The number of aromatic nitrogens is 2. The van der Waals surface area contributed by atoms with Crippen LogP contribution in [0, 0.1) is 0 Å². The van der Waals surface area contributed by atoms with E-state index >= 15 is 0 Å². The second-order valence-corrected chi connectivity index (χ2v) is 10.2. The van der Waals surface area contributed by atoms with Gasteiger partial charge in [0.25, 0.3) is 10.0 Å². The fourth-order valence-electron chi connectivity index (χ4n) is 4.48. The van der Waals surface area contributed by atoms with Gasteiger partial charge in [0.2, 0.25) is 0 Å². The Balaban J connectivity index is 0.00000180. The van der Waals surface area contributed by atoms with Crippen molar-refractivity contribution in [1.82, 2.24) is 20.2 Å². The van der Waals surface area contributed by atoms with Crippen LogP contribution in [-0.2, 0) is 22.9 Å². The first-order valence-corrected chi connectivity index (χ1v) is 12.7. The van der Waals surface area contributed by atoms with Crippen molar-refractivity contribution in [3.8, 4) is 0 Å². The second kappa shape index (κ2) is 9.30. The average Bonchev–Trinajstić information content (AvgIpc) is 3.27. The van der Waals surface area contributed by atoms with Gasteiger partial charge < -0.3 is 15.1 Å². The number of nitrogens with zero attached hydrogens (tertiary/aromatic N) is 4. The zero-order valence-corrected chi connectivity index (χ0v) is 19.4. The Morgan fingerprint density at radius 2 is 1.62 bits per heavy atom. The van der Waals surface area contributed by atoms with Gasteiger partial charge >= 0.3 is 6.03 Å². The lowest BCUT2D eigenvalue weighted by Crippen LogP contribution is -2.53. The summed E-state index contributed by atoms with van der Waals surface area (Å²) in [6.45, 7) is 2.59. The van der Waals surface area contributed by atoms with Crippen LogP contribution in [0.5, 0.6) is 0 Å². The van der Waals surface area contributed by atoms with Crippen molar-refractivity contribution in [2.45, 2.75) is 23.8 Å². The predicted molar refractivity (Wildman–Crippen MR) is 133 cm³/mol. The number of rotatable bonds is 5. The molecule has 2 N–H and O–H groups in total. The van der Waals surface area contributed by atoms with Crippen LogP contribution in [0.4, 0.5) is 16.3 Å². The van der Waals surface area contributed by atoms with E-state index in [1.54, 1.807) is 24.3 Å². The number of sulfonamides is 1. The van der Waals surface area contributed by atoms with Gasteiger partial charge in [0.05, 0.1) is 4.90 Å². The lowest BCUT2D eigenvalue weighted by Gasteiger charge is -2.36. The fraction of sp³-hybridized carbons (Fsp3) is 0.292. The highest BCUT2D eigenvalue weighted by Crippen LogP contribution is 2.23. The Morgan fingerprint density at radius 1 is 0.941 bits per heavy atom. The van der Waals surface area contributed by atoms with E-state index in [1.807, 2.05) is 17.0 Å². The molecular formula is C24H30N6O3S. The summed E-state index contributed by atoms with van der Waals surface area (Å²) in [5.41, 5.74) is 3.55. The second-order valence-electron chi connectivity index (χ2n) is 8.49. The Morgan fingerprint density at radius 3 is 2.24 bits per heavy atom. The van der Waals surface area contributed by atoms with Crippen molar-refractivity contribution in [2.75, 3.05) is 35.8 Å². The van der Waals surface area contributed by atoms with Crippen molar-refractivity contribution in [3.05, 3.63) is 78.2 Å². The quantitative estimate of drug-likeness (QED) is 0.579. The van der Waals surface area contributed by atoms with E-state index in [-0.39, 0.29) is 25.6 Å². The summed E-state index contributed by atoms with van der Waals surface area (Å²) in [7, 11) is -3.73.